The minimum atomic E-state index is -0.247. The van der Waals surface area contributed by atoms with Crippen LogP contribution in [0.1, 0.15) is 5.76 Å². The van der Waals surface area contributed by atoms with Crippen LogP contribution in [0.15, 0.2) is 40.8 Å². The summed E-state index contributed by atoms with van der Waals surface area (Å²) in [5, 5.41) is 2.24. The van der Waals surface area contributed by atoms with Crippen molar-refractivity contribution < 1.29 is 23.8 Å². The Balaban J connectivity index is 1.47. The summed E-state index contributed by atoms with van der Waals surface area (Å²) in [6.45, 7) is 6.95. The Bertz CT molecular complexity index is 594. The second-order valence-corrected chi connectivity index (χ2v) is 5.64. The summed E-state index contributed by atoms with van der Waals surface area (Å²) >= 11 is 0. The van der Waals surface area contributed by atoms with E-state index in [1.54, 1.807) is 17.0 Å². The lowest BCUT2D eigenvalue weighted by Gasteiger charge is -2.22. The molecule has 0 saturated carbocycles. The first-order chi connectivity index (χ1) is 10.8. The molecule has 0 radical (unpaired) electrons. The minimum Gasteiger partial charge on any atom is -0.455 e. The van der Waals surface area contributed by atoms with Gasteiger partial charge in [0, 0.05) is 0 Å². The first-order valence-electron chi connectivity index (χ1n) is 7.89. The van der Waals surface area contributed by atoms with Gasteiger partial charge in [-0.1, -0.05) is 12.1 Å². The smallest absolute Gasteiger partial charge is 0.158 e. The van der Waals surface area contributed by atoms with Gasteiger partial charge in [-0.3, -0.25) is 0 Å². The van der Waals surface area contributed by atoms with Crippen molar-refractivity contribution in [3.8, 4) is 11.3 Å². The van der Waals surface area contributed by atoms with Crippen LogP contribution in [0.5, 0.6) is 0 Å². The van der Waals surface area contributed by atoms with E-state index in [9.17, 15) is 4.39 Å². The largest absolute Gasteiger partial charge is 0.455 e. The fourth-order valence-corrected chi connectivity index (χ4v) is 2.75. The molecular formula is C17H23FN2O2+2. The van der Waals surface area contributed by atoms with Crippen LogP contribution in [-0.2, 0) is 11.3 Å². The lowest BCUT2D eigenvalue weighted by atomic mass is 10.1. The number of halogens is 1. The molecule has 0 aliphatic carbocycles. The van der Waals surface area contributed by atoms with Crippen LogP contribution in [0.2, 0.25) is 0 Å². The molecule has 0 amide bonds. The molecule has 2 heterocycles. The number of ether oxygens (including phenoxy) is 1. The molecule has 1 aliphatic heterocycles. The number of nitrogens with one attached hydrogen (secondary N) is 1. The first-order valence-corrected chi connectivity index (χ1v) is 7.89. The molecule has 1 fully saturated rings. The standard InChI is InChI=1S/C17H21FN2O2/c18-16-4-2-1-3-15(16)17-6-5-14(22-17)13-19-7-8-20-9-11-21-12-10-20/h1-6,19H,7-13H2/p+2. The normalized spacial score (nSPS) is 16.0. The molecule has 0 unspecified atom stereocenters. The number of quaternary nitrogens is 2. The van der Waals surface area contributed by atoms with Crippen molar-refractivity contribution in [2.24, 2.45) is 0 Å². The molecular weight excluding hydrogens is 283 g/mol. The third kappa shape index (κ3) is 3.94. The average molecular weight is 306 g/mol. The van der Waals surface area contributed by atoms with Gasteiger partial charge in [0.15, 0.2) is 5.76 Å². The quantitative estimate of drug-likeness (QED) is 0.742. The lowest BCUT2D eigenvalue weighted by molar-refractivity contribution is -0.920. The number of hydrogen-bond acceptors (Lipinski definition) is 2. The molecule has 1 aromatic heterocycles. The second-order valence-electron chi connectivity index (χ2n) is 5.64. The number of nitrogens with two attached hydrogens (primary N) is 1. The molecule has 0 atom stereocenters. The van der Waals surface area contributed by atoms with Gasteiger partial charge in [0.1, 0.15) is 44.3 Å². The van der Waals surface area contributed by atoms with Gasteiger partial charge in [0.25, 0.3) is 0 Å². The fourth-order valence-electron chi connectivity index (χ4n) is 2.75. The second kappa shape index (κ2) is 7.54. The maximum atomic E-state index is 13.7. The molecule has 0 spiro atoms. The van der Waals surface area contributed by atoms with Crippen LogP contribution in [0.25, 0.3) is 11.3 Å². The van der Waals surface area contributed by atoms with Crippen molar-refractivity contribution in [2.75, 3.05) is 39.4 Å². The van der Waals surface area contributed by atoms with Crippen LogP contribution in [0.3, 0.4) is 0 Å². The molecule has 1 aliphatic rings. The van der Waals surface area contributed by atoms with Crippen molar-refractivity contribution in [3.63, 3.8) is 0 Å². The molecule has 1 saturated heterocycles. The maximum absolute atomic E-state index is 13.7. The van der Waals surface area contributed by atoms with E-state index in [1.165, 1.54) is 6.07 Å². The molecule has 3 rings (SSSR count). The van der Waals surface area contributed by atoms with Gasteiger partial charge in [-0.2, -0.15) is 0 Å². The number of morpholine rings is 1. The molecule has 4 nitrogen and oxygen atoms in total. The van der Waals surface area contributed by atoms with Gasteiger partial charge in [-0.15, -0.1) is 0 Å². The predicted molar refractivity (Wildman–Crippen MR) is 81.0 cm³/mol. The Hall–Kier alpha value is -1.69. The highest BCUT2D eigenvalue weighted by molar-refractivity contribution is 5.58. The highest BCUT2D eigenvalue weighted by Gasteiger charge is 2.14. The third-order valence-corrected chi connectivity index (χ3v) is 4.05. The van der Waals surface area contributed by atoms with Crippen LogP contribution in [-0.4, -0.2) is 39.4 Å². The van der Waals surface area contributed by atoms with E-state index in [1.807, 2.05) is 18.2 Å². The molecule has 3 N–H and O–H groups in total. The van der Waals surface area contributed by atoms with Gasteiger partial charge in [-0.25, -0.2) is 4.39 Å². The van der Waals surface area contributed by atoms with Crippen molar-refractivity contribution >= 4 is 0 Å². The van der Waals surface area contributed by atoms with E-state index in [0.717, 1.165) is 51.7 Å². The van der Waals surface area contributed by atoms with Crippen LogP contribution in [0, 0.1) is 5.82 Å². The molecule has 0 bridgehead atoms. The monoisotopic (exact) mass is 306 g/mol. The van der Waals surface area contributed by atoms with Gasteiger partial charge in [-0.05, 0) is 24.3 Å². The van der Waals surface area contributed by atoms with Gasteiger partial charge < -0.3 is 19.4 Å². The summed E-state index contributed by atoms with van der Waals surface area (Å²) in [6, 6.07) is 10.5. The van der Waals surface area contributed by atoms with E-state index >= 15 is 0 Å². The topological polar surface area (TPSA) is 43.4 Å². The number of benzene rings is 1. The molecule has 5 heteroatoms. The highest BCUT2D eigenvalue weighted by Crippen LogP contribution is 2.24. The maximum Gasteiger partial charge on any atom is 0.158 e. The Labute approximate surface area is 129 Å². The van der Waals surface area contributed by atoms with Crippen molar-refractivity contribution in [1.82, 2.24) is 0 Å². The summed E-state index contributed by atoms with van der Waals surface area (Å²) in [5.41, 5.74) is 0.520. The Kier molecular flexibility index (Phi) is 5.21. The number of hydrogen-bond donors (Lipinski definition) is 2. The molecule has 118 valence electrons. The molecule has 2 aromatic rings. The van der Waals surface area contributed by atoms with E-state index in [0.29, 0.717) is 11.3 Å². The summed E-state index contributed by atoms with van der Waals surface area (Å²) in [7, 11) is 0. The zero-order chi connectivity index (χ0) is 15.2. The third-order valence-electron chi connectivity index (χ3n) is 4.05. The van der Waals surface area contributed by atoms with Crippen LogP contribution < -0.4 is 10.2 Å². The molecule has 22 heavy (non-hydrogen) atoms. The summed E-state index contributed by atoms with van der Waals surface area (Å²) in [5.74, 6) is 1.24. The minimum absolute atomic E-state index is 0.247. The summed E-state index contributed by atoms with van der Waals surface area (Å²) < 4.78 is 24.8. The van der Waals surface area contributed by atoms with Gasteiger partial charge in [0.05, 0.1) is 18.8 Å². The first kappa shape index (κ1) is 15.2. The average Bonchev–Trinajstić information content (AvgIpc) is 3.02. The predicted octanol–water partition coefficient (Wildman–Crippen LogP) is 0.0642. The van der Waals surface area contributed by atoms with Crippen molar-refractivity contribution in [2.45, 2.75) is 6.54 Å². The SMILES string of the molecule is Fc1ccccc1-c1ccc(C[NH2+]CC[NH+]2CCOCC2)o1. The van der Waals surface area contributed by atoms with Crippen LogP contribution in [0.4, 0.5) is 4.39 Å². The van der Waals surface area contributed by atoms with Gasteiger partial charge >= 0.3 is 0 Å². The van der Waals surface area contributed by atoms with E-state index in [4.69, 9.17) is 9.15 Å². The Morgan fingerprint density at radius 2 is 1.91 bits per heavy atom. The zero-order valence-corrected chi connectivity index (χ0v) is 12.7. The zero-order valence-electron chi connectivity index (χ0n) is 12.7. The number of furan rings is 1. The van der Waals surface area contributed by atoms with E-state index in [2.05, 4.69) is 5.32 Å². The lowest BCUT2D eigenvalue weighted by Crippen LogP contribution is -3.16. The van der Waals surface area contributed by atoms with Gasteiger partial charge in [0.2, 0.25) is 0 Å². The number of rotatable bonds is 6. The Morgan fingerprint density at radius 3 is 2.73 bits per heavy atom. The van der Waals surface area contributed by atoms with Crippen molar-refractivity contribution in [3.05, 3.63) is 48.0 Å². The fraction of sp³-hybridized carbons (Fsp3) is 0.412. The van der Waals surface area contributed by atoms with E-state index < -0.39 is 0 Å². The summed E-state index contributed by atoms with van der Waals surface area (Å²) in [4.78, 5) is 1.61. The van der Waals surface area contributed by atoms with Crippen LogP contribution >= 0.6 is 0 Å². The van der Waals surface area contributed by atoms with Crippen molar-refractivity contribution in [1.29, 1.82) is 0 Å². The van der Waals surface area contributed by atoms with E-state index in [-0.39, 0.29) is 5.82 Å². The summed E-state index contributed by atoms with van der Waals surface area (Å²) in [6.07, 6.45) is 0. The Morgan fingerprint density at radius 1 is 1.09 bits per heavy atom. The molecule has 1 aromatic carbocycles. The highest BCUT2D eigenvalue weighted by atomic mass is 19.1.